The molecule has 0 aromatic rings. The van der Waals surface area contributed by atoms with E-state index in [1.165, 1.54) is 12.8 Å². The number of aliphatic hydroxyl groups is 1. The summed E-state index contributed by atoms with van der Waals surface area (Å²) in [5.74, 6) is 0.160. The van der Waals surface area contributed by atoms with Crippen LogP contribution in [0.2, 0.25) is 0 Å². The molecule has 0 atom stereocenters. The van der Waals surface area contributed by atoms with Gasteiger partial charge in [0.1, 0.15) is 0 Å². The van der Waals surface area contributed by atoms with Crippen molar-refractivity contribution in [3.63, 3.8) is 0 Å². The molecule has 0 radical (unpaired) electrons. The van der Waals surface area contributed by atoms with Gasteiger partial charge in [-0.2, -0.15) is 0 Å². The molecule has 0 unspecified atom stereocenters. The van der Waals surface area contributed by atoms with Crippen LogP contribution >= 0.6 is 0 Å². The first-order valence-electron chi connectivity index (χ1n) is 8.35. The van der Waals surface area contributed by atoms with Crippen molar-refractivity contribution in [2.75, 3.05) is 32.7 Å². The molecule has 0 spiro atoms. The summed E-state index contributed by atoms with van der Waals surface area (Å²) in [6, 6.07) is 0. The van der Waals surface area contributed by atoms with Crippen LogP contribution in [0.4, 0.5) is 0 Å². The van der Waals surface area contributed by atoms with E-state index in [2.05, 4.69) is 11.8 Å². The highest BCUT2D eigenvalue weighted by molar-refractivity contribution is 5.77. The summed E-state index contributed by atoms with van der Waals surface area (Å²) in [4.78, 5) is 16.9. The summed E-state index contributed by atoms with van der Waals surface area (Å²) >= 11 is 0. The lowest BCUT2D eigenvalue weighted by Crippen LogP contribution is -2.42. The average molecular weight is 282 g/mol. The van der Waals surface area contributed by atoms with E-state index < -0.39 is 5.60 Å². The van der Waals surface area contributed by atoms with Gasteiger partial charge in [0.05, 0.1) is 12.0 Å². The van der Waals surface area contributed by atoms with E-state index in [4.69, 9.17) is 0 Å². The molecule has 1 saturated heterocycles. The molecule has 4 nitrogen and oxygen atoms in total. The Hall–Kier alpha value is -0.610. The lowest BCUT2D eigenvalue weighted by Gasteiger charge is -2.33. The Bertz CT molecular complexity index is 314. The van der Waals surface area contributed by atoms with Gasteiger partial charge >= 0.3 is 0 Å². The zero-order valence-corrected chi connectivity index (χ0v) is 12.9. The Balaban J connectivity index is 1.82. The van der Waals surface area contributed by atoms with Crippen molar-refractivity contribution in [3.8, 4) is 0 Å². The van der Waals surface area contributed by atoms with Crippen LogP contribution in [-0.4, -0.2) is 59.1 Å². The molecule has 2 fully saturated rings. The molecule has 20 heavy (non-hydrogen) atoms. The quantitative estimate of drug-likeness (QED) is 0.858. The Morgan fingerprint density at radius 3 is 2.50 bits per heavy atom. The van der Waals surface area contributed by atoms with E-state index in [0.717, 1.165) is 64.8 Å². The van der Waals surface area contributed by atoms with Crippen molar-refractivity contribution >= 4 is 5.91 Å². The second-order valence-corrected chi connectivity index (χ2v) is 6.54. The van der Waals surface area contributed by atoms with Crippen molar-refractivity contribution in [1.29, 1.82) is 0 Å². The minimum atomic E-state index is -0.718. The molecule has 0 bridgehead atoms. The van der Waals surface area contributed by atoms with Gasteiger partial charge in [-0.25, -0.2) is 0 Å². The summed E-state index contributed by atoms with van der Waals surface area (Å²) in [5.41, 5.74) is -0.718. The Morgan fingerprint density at radius 2 is 1.80 bits per heavy atom. The molecule has 0 aromatic heterocycles. The number of nitrogens with zero attached hydrogens (tertiary/aromatic N) is 2. The second-order valence-electron chi connectivity index (χ2n) is 6.54. The van der Waals surface area contributed by atoms with Crippen LogP contribution in [0.5, 0.6) is 0 Å². The third-order valence-electron chi connectivity index (χ3n) is 4.75. The molecule has 2 rings (SSSR count). The van der Waals surface area contributed by atoms with Crippen molar-refractivity contribution in [2.45, 2.75) is 63.9 Å². The molecule has 4 heteroatoms. The van der Waals surface area contributed by atoms with Crippen LogP contribution in [-0.2, 0) is 4.79 Å². The van der Waals surface area contributed by atoms with Crippen LogP contribution in [0.25, 0.3) is 0 Å². The highest BCUT2D eigenvalue weighted by Crippen LogP contribution is 2.31. The molecular formula is C16H30N2O2. The Kier molecular flexibility index (Phi) is 5.85. The SMILES string of the molecule is CCCN1CCCN(C(=O)CC2(O)CCCCC2)CC1. The van der Waals surface area contributed by atoms with Gasteiger partial charge in [0.15, 0.2) is 0 Å². The smallest absolute Gasteiger partial charge is 0.225 e. The Morgan fingerprint density at radius 1 is 1.05 bits per heavy atom. The minimum absolute atomic E-state index is 0.160. The standard InChI is InChI=1S/C16H30N2O2/c1-2-9-17-10-6-11-18(13-12-17)15(19)14-16(20)7-4-3-5-8-16/h20H,2-14H2,1H3. The summed E-state index contributed by atoms with van der Waals surface area (Å²) in [6.45, 7) is 7.10. The van der Waals surface area contributed by atoms with Crippen molar-refractivity contribution in [1.82, 2.24) is 9.80 Å². The molecule has 1 amide bonds. The molecule has 1 heterocycles. The molecule has 1 aliphatic carbocycles. The normalized spacial score (nSPS) is 24.4. The zero-order chi connectivity index (χ0) is 14.4. The molecule has 0 aromatic carbocycles. The van der Waals surface area contributed by atoms with Crippen molar-refractivity contribution in [2.24, 2.45) is 0 Å². The topological polar surface area (TPSA) is 43.8 Å². The van der Waals surface area contributed by atoms with Crippen LogP contribution in [0.3, 0.4) is 0 Å². The first-order chi connectivity index (χ1) is 9.63. The molecular weight excluding hydrogens is 252 g/mol. The second kappa shape index (κ2) is 7.41. The highest BCUT2D eigenvalue weighted by Gasteiger charge is 2.33. The molecule has 1 saturated carbocycles. The van der Waals surface area contributed by atoms with Gasteiger partial charge < -0.3 is 14.9 Å². The summed E-state index contributed by atoms with van der Waals surface area (Å²) in [7, 11) is 0. The zero-order valence-electron chi connectivity index (χ0n) is 12.9. The number of carbonyl (C=O) groups is 1. The van der Waals surface area contributed by atoms with Gasteiger partial charge in [0, 0.05) is 19.6 Å². The van der Waals surface area contributed by atoms with Gasteiger partial charge in [-0.15, -0.1) is 0 Å². The maximum absolute atomic E-state index is 12.4. The number of hydrogen-bond acceptors (Lipinski definition) is 3. The number of carbonyl (C=O) groups excluding carboxylic acids is 1. The summed E-state index contributed by atoms with van der Waals surface area (Å²) in [6.07, 6.45) is 7.50. The van der Waals surface area contributed by atoms with E-state index in [9.17, 15) is 9.90 Å². The lowest BCUT2D eigenvalue weighted by molar-refractivity contribution is -0.137. The number of amides is 1. The van der Waals surface area contributed by atoms with Gasteiger partial charge in [-0.1, -0.05) is 26.2 Å². The summed E-state index contributed by atoms with van der Waals surface area (Å²) < 4.78 is 0. The van der Waals surface area contributed by atoms with Gasteiger partial charge in [0.2, 0.25) is 5.91 Å². The van der Waals surface area contributed by atoms with Crippen LogP contribution in [0.1, 0.15) is 58.3 Å². The molecule has 1 aliphatic heterocycles. The fraction of sp³-hybridized carbons (Fsp3) is 0.938. The lowest BCUT2D eigenvalue weighted by atomic mass is 9.82. The maximum Gasteiger partial charge on any atom is 0.225 e. The molecule has 116 valence electrons. The van der Waals surface area contributed by atoms with Crippen LogP contribution in [0, 0.1) is 0 Å². The maximum atomic E-state index is 12.4. The third kappa shape index (κ3) is 4.45. The van der Waals surface area contributed by atoms with Gasteiger partial charge in [-0.3, -0.25) is 4.79 Å². The largest absolute Gasteiger partial charge is 0.389 e. The predicted octanol–water partition coefficient (Wildman–Crippen LogP) is 2.02. The minimum Gasteiger partial charge on any atom is -0.389 e. The first-order valence-corrected chi connectivity index (χ1v) is 8.35. The molecule has 2 aliphatic rings. The van der Waals surface area contributed by atoms with E-state index in [1.807, 2.05) is 4.90 Å². The van der Waals surface area contributed by atoms with E-state index in [-0.39, 0.29) is 5.91 Å². The highest BCUT2D eigenvalue weighted by atomic mass is 16.3. The summed E-state index contributed by atoms with van der Waals surface area (Å²) in [5, 5.41) is 10.5. The monoisotopic (exact) mass is 282 g/mol. The number of rotatable bonds is 4. The molecule has 1 N–H and O–H groups in total. The Labute approximate surface area is 123 Å². The van der Waals surface area contributed by atoms with E-state index in [0.29, 0.717) is 6.42 Å². The first kappa shape index (κ1) is 15.8. The average Bonchev–Trinajstić information content (AvgIpc) is 2.65. The van der Waals surface area contributed by atoms with E-state index >= 15 is 0 Å². The predicted molar refractivity (Wildman–Crippen MR) is 80.6 cm³/mol. The van der Waals surface area contributed by atoms with Crippen molar-refractivity contribution < 1.29 is 9.90 Å². The third-order valence-corrected chi connectivity index (χ3v) is 4.75. The van der Waals surface area contributed by atoms with Crippen LogP contribution in [0.15, 0.2) is 0 Å². The van der Waals surface area contributed by atoms with Gasteiger partial charge in [-0.05, 0) is 38.8 Å². The fourth-order valence-corrected chi connectivity index (χ4v) is 3.54. The van der Waals surface area contributed by atoms with Crippen molar-refractivity contribution in [3.05, 3.63) is 0 Å². The van der Waals surface area contributed by atoms with E-state index in [1.54, 1.807) is 0 Å². The van der Waals surface area contributed by atoms with Crippen LogP contribution < -0.4 is 0 Å². The van der Waals surface area contributed by atoms with Gasteiger partial charge in [0.25, 0.3) is 0 Å². The number of hydrogen-bond donors (Lipinski definition) is 1. The fourth-order valence-electron chi connectivity index (χ4n) is 3.54.